The monoisotopic (exact) mass is 288 g/mol. The van der Waals surface area contributed by atoms with Gasteiger partial charge < -0.3 is 10.6 Å². The van der Waals surface area contributed by atoms with Crippen LogP contribution < -0.4 is 5.73 Å². The van der Waals surface area contributed by atoms with E-state index in [9.17, 15) is 18.0 Å². The number of halogens is 3. The van der Waals surface area contributed by atoms with Crippen molar-refractivity contribution in [2.45, 2.75) is 38.9 Å². The van der Waals surface area contributed by atoms with Crippen LogP contribution in [0.5, 0.6) is 0 Å². The molecule has 1 amide bonds. The first kappa shape index (κ1) is 16.3. The fourth-order valence-corrected chi connectivity index (χ4v) is 1.81. The number of hydrogen-bond acceptors (Lipinski definition) is 2. The summed E-state index contributed by atoms with van der Waals surface area (Å²) in [7, 11) is 0. The summed E-state index contributed by atoms with van der Waals surface area (Å²) in [6.45, 7) is 2.64. The summed E-state index contributed by atoms with van der Waals surface area (Å²) >= 11 is 0. The lowest BCUT2D eigenvalue weighted by Gasteiger charge is -2.22. The van der Waals surface area contributed by atoms with Gasteiger partial charge in [-0.1, -0.05) is 19.1 Å². The Morgan fingerprint density at radius 3 is 2.35 bits per heavy atom. The van der Waals surface area contributed by atoms with E-state index in [1.54, 1.807) is 24.3 Å². The Balaban J connectivity index is 2.63. The minimum Gasteiger partial charge on any atom is -0.399 e. The smallest absolute Gasteiger partial charge is 0.389 e. The van der Waals surface area contributed by atoms with Crippen LogP contribution in [0.2, 0.25) is 0 Å². The Hall–Kier alpha value is -1.72. The van der Waals surface area contributed by atoms with Crippen LogP contribution in [0.25, 0.3) is 0 Å². The fourth-order valence-electron chi connectivity index (χ4n) is 1.81. The van der Waals surface area contributed by atoms with Crippen LogP contribution in [0.15, 0.2) is 24.3 Å². The lowest BCUT2D eigenvalue weighted by Crippen LogP contribution is -2.32. The molecule has 1 aromatic carbocycles. The number of hydrogen-bond donors (Lipinski definition) is 1. The topological polar surface area (TPSA) is 46.3 Å². The Morgan fingerprint density at radius 2 is 1.85 bits per heavy atom. The Morgan fingerprint density at radius 1 is 1.25 bits per heavy atom. The van der Waals surface area contributed by atoms with Crippen LogP contribution in [0.3, 0.4) is 0 Å². The molecule has 0 heterocycles. The molecule has 20 heavy (non-hydrogen) atoms. The SMILES string of the molecule is CCCN(Cc1ccc(N)cc1)C(=O)CCC(F)(F)F. The summed E-state index contributed by atoms with van der Waals surface area (Å²) < 4.78 is 36.5. The van der Waals surface area contributed by atoms with Crippen molar-refractivity contribution >= 4 is 11.6 Å². The van der Waals surface area contributed by atoms with Crippen LogP contribution in [0.1, 0.15) is 31.7 Å². The molecule has 1 rings (SSSR count). The van der Waals surface area contributed by atoms with Gasteiger partial charge in [-0.05, 0) is 24.1 Å². The molecule has 0 saturated carbocycles. The summed E-state index contributed by atoms with van der Waals surface area (Å²) in [4.78, 5) is 13.3. The lowest BCUT2D eigenvalue weighted by molar-refractivity contribution is -0.149. The molecule has 2 N–H and O–H groups in total. The predicted molar refractivity (Wildman–Crippen MR) is 71.9 cm³/mol. The van der Waals surface area contributed by atoms with Crippen LogP contribution >= 0.6 is 0 Å². The van der Waals surface area contributed by atoms with Crippen molar-refractivity contribution in [1.82, 2.24) is 4.90 Å². The maximum Gasteiger partial charge on any atom is 0.389 e. The van der Waals surface area contributed by atoms with E-state index in [4.69, 9.17) is 5.73 Å². The van der Waals surface area contributed by atoms with Gasteiger partial charge in [0, 0.05) is 25.2 Å². The zero-order chi connectivity index (χ0) is 15.2. The third-order valence-corrected chi connectivity index (χ3v) is 2.82. The normalized spacial score (nSPS) is 11.4. The summed E-state index contributed by atoms with van der Waals surface area (Å²) in [6, 6.07) is 6.96. The summed E-state index contributed by atoms with van der Waals surface area (Å²) in [5, 5.41) is 0. The van der Waals surface area contributed by atoms with Gasteiger partial charge in [0.2, 0.25) is 5.91 Å². The van der Waals surface area contributed by atoms with Crippen LogP contribution in [0, 0.1) is 0 Å². The maximum atomic E-state index is 12.2. The Kier molecular flexibility index (Phi) is 5.85. The number of carbonyl (C=O) groups excluding carboxylic acids is 1. The molecule has 6 heteroatoms. The van der Waals surface area contributed by atoms with Gasteiger partial charge in [-0.15, -0.1) is 0 Å². The Bertz CT molecular complexity index is 429. The quantitative estimate of drug-likeness (QED) is 0.816. The summed E-state index contributed by atoms with van der Waals surface area (Å²) in [5.74, 6) is -0.471. The molecule has 112 valence electrons. The van der Waals surface area contributed by atoms with E-state index >= 15 is 0 Å². The number of nitrogen functional groups attached to an aromatic ring is 1. The molecule has 0 aliphatic rings. The van der Waals surface area contributed by atoms with Crippen molar-refractivity contribution in [2.24, 2.45) is 0 Å². The average molecular weight is 288 g/mol. The van der Waals surface area contributed by atoms with Crippen LogP contribution in [0.4, 0.5) is 18.9 Å². The van der Waals surface area contributed by atoms with Gasteiger partial charge in [0.25, 0.3) is 0 Å². The van der Waals surface area contributed by atoms with E-state index in [1.165, 1.54) is 4.90 Å². The van der Waals surface area contributed by atoms with E-state index in [0.717, 1.165) is 5.56 Å². The zero-order valence-corrected chi connectivity index (χ0v) is 11.4. The number of nitrogens with two attached hydrogens (primary N) is 1. The molecule has 0 fully saturated rings. The summed E-state index contributed by atoms with van der Waals surface area (Å²) in [5.41, 5.74) is 7.03. The van der Waals surface area contributed by atoms with E-state index in [0.29, 0.717) is 25.2 Å². The van der Waals surface area contributed by atoms with Crippen molar-refractivity contribution in [3.05, 3.63) is 29.8 Å². The molecule has 0 bridgehead atoms. The Labute approximate surface area is 116 Å². The third-order valence-electron chi connectivity index (χ3n) is 2.82. The second-order valence-corrected chi connectivity index (χ2v) is 4.67. The van der Waals surface area contributed by atoms with Crippen molar-refractivity contribution in [2.75, 3.05) is 12.3 Å². The van der Waals surface area contributed by atoms with Crippen LogP contribution in [-0.4, -0.2) is 23.5 Å². The lowest BCUT2D eigenvalue weighted by atomic mass is 10.1. The van der Waals surface area contributed by atoms with Crippen molar-refractivity contribution in [3.8, 4) is 0 Å². The fraction of sp³-hybridized carbons (Fsp3) is 0.500. The molecule has 0 aromatic heterocycles. The minimum atomic E-state index is -4.30. The van der Waals surface area contributed by atoms with E-state index < -0.39 is 24.9 Å². The molecular weight excluding hydrogens is 269 g/mol. The first-order valence-corrected chi connectivity index (χ1v) is 6.50. The third kappa shape index (κ3) is 5.95. The van der Waals surface area contributed by atoms with E-state index in [1.807, 2.05) is 6.92 Å². The molecule has 0 saturated heterocycles. The molecule has 0 aliphatic carbocycles. The largest absolute Gasteiger partial charge is 0.399 e. The highest BCUT2D eigenvalue weighted by molar-refractivity contribution is 5.76. The minimum absolute atomic E-state index is 0.310. The number of nitrogens with zero attached hydrogens (tertiary/aromatic N) is 1. The first-order chi connectivity index (χ1) is 9.31. The number of rotatable bonds is 6. The predicted octanol–water partition coefficient (Wildman–Crippen LogP) is 3.35. The standard InChI is InChI=1S/C14H19F3N2O/c1-2-9-19(13(20)7-8-14(15,16)17)10-11-3-5-12(18)6-4-11/h3-6H,2,7-10,18H2,1H3. The van der Waals surface area contributed by atoms with Gasteiger partial charge in [-0.3, -0.25) is 4.79 Å². The van der Waals surface area contributed by atoms with E-state index in [2.05, 4.69) is 0 Å². The highest BCUT2D eigenvalue weighted by Crippen LogP contribution is 2.22. The molecule has 0 radical (unpaired) electrons. The molecule has 0 atom stereocenters. The number of amides is 1. The number of anilines is 1. The highest BCUT2D eigenvalue weighted by atomic mass is 19.4. The maximum absolute atomic E-state index is 12.2. The molecule has 0 unspecified atom stereocenters. The first-order valence-electron chi connectivity index (χ1n) is 6.50. The average Bonchev–Trinajstić information content (AvgIpc) is 2.37. The second-order valence-electron chi connectivity index (χ2n) is 4.67. The second kappa shape index (κ2) is 7.17. The van der Waals surface area contributed by atoms with Gasteiger partial charge in [0.15, 0.2) is 0 Å². The van der Waals surface area contributed by atoms with E-state index in [-0.39, 0.29) is 0 Å². The molecule has 0 spiro atoms. The number of alkyl halides is 3. The number of benzene rings is 1. The number of carbonyl (C=O) groups is 1. The van der Waals surface area contributed by atoms with Crippen molar-refractivity contribution < 1.29 is 18.0 Å². The zero-order valence-electron chi connectivity index (χ0n) is 11.4. The van der Waals surface area contributed by atoms with Gasteiger partial charge >= 0.3 is 6.18 Å². The summed E-state index contributed by atoms with van der Waals surface area (Å²) in [6.07, 6.45) is -5.17. The van der Waals surface area contributed by atoms with Gasteiger partial charge in [0.1, 0.15) is 0 Å². The van der Waals surface area contributed by atoms with Gasteiger partial charge in [-0.25, -0.2) is 0 Å². The molecule has 1 aromatic rings. The van der Waals surface area contributed by atoms with Crippen molar-refractivity contribution in [3.63, 3.8) is 0 Å². The van der Waals surface area contributed by atoms with Gasteiger partial charge in [0.05, 0.1) is 6.42 Å². The molecular formula is C14H19F3N2O. The van der Waals surface area contributed by atoms with Crippen molar-refractivity contribution in [1.29, 1.82) is 0 Å². The molecule has 3 nitrogen and oxygen atoms in total. The van der Waals surface area contributed by atoms with Gasteiger partial charge in [-0.2, -0.15) is 13.2 Å². The molecule has 0 aliphatic heterocycles. The highest BCUT2D eigenvalue weighted by Gasteiger charge is 2.29. The van der Waals surface area contributed by atoms with Crippen LogP contribution in [-0.2, 0) is 11.3 Å².